The van der Waals surface area contributed by atoms with E-state index in [-0.39, 0.29) is 5.91 Å². The largest absolute Gasteiger partial charge is 0.493 e. The standard InChI is InChI=1S/C15H22N2O3/c1-5-11(6-2)10-16-17-15(18)12-7-8-13(19-3)14(9-12)20-4/h7-11H,5-6H2,1-4H3,(H,17,18)/b16-10-. The Kier molecular flexibility index (Phi) is 6.56. The van der Waals surface area contributed by atoms with Gasteiger partial charge in [-0.1, -0.05) is 13.8 Å². The molecule has 0 saturated carbocycles. The summed E-state index contributed by atoms with van der Waals surface area (Å²) in [5.74, 6) is 1.22. The molecule has 0 radical (unpaired) electrons. The van der Waals surface area contributed by atoms with Crippen molar-refractivity contribution < 1.29 is 14.3 Å². The number of ether oxygens (including phenoxy) is 2. The molecule has 0 heterocycles. The number of hydrogen-bond acceptors (Lipinski definition) is 4. The fourth-order valence-corrected chi connectivity index (χ4v) is 1.74. The van der Waals surface area contributed by atoms with E-state index < -0.39 is 0 Å². The zero-order valence-corrected chi connectivity index (χ0v) is 12.5. The molecule has 1 rings (SSSR count). The van der Waals surface area contributed by atoms with Crippen molar-refractivity contribution in [2.75, 3.05) is 14.2 Å². The summed E-state index contributed by atoms with van der Waals surface area (Å²) < 4.78 is 10.3. The molecule has 0 unspecified atom stereocenters. The van der Waals surface area contributed by atoms with Crippen molar-refractivity contribution in [3.8, 4) is 11.5 Å². The summed E-state index contributed by atoms with van der Waals surface area (Å²) in [7, 11) is 3.09. The number of carbonyl (C=O) groups is 1. The fraction of sp³-hybridized carbons (Fsp3) is 0.467. The third-order valence-corrected chi connectivity index (χ3v) is 3.15. The van der Waals surface area contributed by atoms with Crippen LogP contribution in [0.5, 0.6) is 11.5 Å². The number of rotatable bonds is 7. The van der Waals surface area contributed by atoms with Crippen LogP contribution in [-0.2, 0) is 0 Å². The first-order valence-electron chi connectivity index (χ1n) is 6.71. The van der Waals surface area contributed by atoms with Gasteiger partial charge in [0.1, 0.15) is 0 Å². The molecular weight excluding hydrogens is 256 g/mol. The van der Waals surface area contributed by atoms with Crippen LogP contribution in [0.3, 0.4) is 0 Å². The molecule has 5 nitrogen and oxygen atoms in total. The lowest BCUT2D eigenvalue weighted by atomic mass is 10.1. The van der Waals surface area contributed by atoms with Crippen LogP contribution in [0.2, 0.25) is 0 Å². The number of hydrazone groups is 1. The van der Waals surface area contributed by atoms with Gasteiger partial charge in [-0.3, -0.25) is 4.79 Å². The zero-order chi connectivity index (χ0) is 15.0. The van der Waals surface area contributed by atoms with E-state index in [0.29, 0.717) is 23.0 Å². The molecule has 0 spiro atoms. The minimum absolute atomic E-state index is 0.270. The van der Waals surface area contributed by atoms with Crippen LogP contribution in [0.25, 0.3) is 0 Å². The van der Waals surface area contributed by atoms with Gasteiger partial charge in [0.05, 0.1) is 14.2 Å². The van der Waals surface area contributed by atoms with Gasteiger partial charge in [0, 0.05) is 11.8 Å². The SMILES string of the molecule is CCC(/C=N\NC(=O)c1ccc(OC)c(OC)c1)CC. The van der Waals surface area contributed by atoms with E-state index >= 15 is 0 Å². The summed E-state index contributed by atoms with van der Waals surface area (Å²) in [6.07, 6.45) is 3.79. The van der Waals surface area contributed by atoms with Crippen molar-refractivity contribution in [3.63, 3.8) is 0 Å². The Morgan fingerprint density at radius 1 is 1.25 bits per heavy atom. The van der Waals surface area contributed by atoms with E-state index in [2.05, 4.69) is 24.4 Å². The van der Waals surface area contributed by atoms with Crippen LogP contribution in [0.15, 0.2) is 23.3 Å². The minimum atomic E-state index is -0.270. The van der Waals surface area contributed by atoms with E-state index in [9.17, 15) is 4.79 Å². The number of methoxy groups -OCH3 is 2. The lowest BCUT2D eigenvalue weighted by Crippen LogP contribution is -2.18. The summed E-state index contributed by atoms with van der Waals surface area (Å²) in [4.78, 5) is 11.9. The number of carbonyl (C=O) groups excluding carboxylic acids is 1. The molecule has 20 heavy (non-hydrogen) atoms. The Morgan fingerprint density at radius 2 is 1.90 bits per heavy atom. The summed E-state index contributed by atoms with van der Waals surface area (Å²) in [5.41, 5.74) is 3.00. The molecule has 1 aromatic carbocycles. The van der Waals surface area contributed by atoms with Gasteiger partial charge in [-0.15, -0.1) is 0 Å². The summed E-state index contributed by atoms with van der Waals surface area (Å²) >= 11 is 0. The van der Waals surface area contributed by atoms with Gasteiger partial charge in [0.2, 0.25) is 0 Å². The van der Waals surface area contributed by atoms with Crippen LogP contribution in [0, 0.1) is 5.92 Å². The minimum Gasteiger partial charge on any atom is -0.493 e. The first-order valence-corrected chi connectivity index (χ1v) is 6.71. The van der Waals surface area contributed by atoms with E-state index in [1.54, 1.807) is 31.5 Å². The topological polar surface area (TPSA) is 59.9 Å². The van der Waals surface area contributed by atoms with Gasteiger partial charge >= 0.3 is 0 Å². The molecule has 0 bridgehead atoms. The predicted octanol–water partition coefficient (Wildman–Crippen LogP) is 2.86. The third kappa shape index (κ3) is 4.26. The van der Waals surface area contributed by atoms with E-state index in [1.165, 1.54) is 7.11 Å². The maximum Gasteiger partial charge on any atom is 0.271 e. The van der Waals surface area contributed by atoms with E-state index in [1.807, 2.05) is 0 Å². The zero-order valence-electron chi connectivity index (χ0n) is 12.5. The molecule has 0 fully saturated rings. The fourth-order valence-electron chi connectivity index (χ4n) is 1.74. The number of nitrogens with one attached hydrogen (secondary N) is 1. The highest BCUT2D eigenvalue weighted by atomic mass is 16.5. The van der Waals surface area contributed by atoms with Crippen LogP contribution >= 0.6 is 0 Å². The van der Waals surface area contributed by atoms with Crippen molar-refractivity contribution in [2.24, 2.45) is 11.0 Å². The van der Waals surface area contributed by atoms with Crippen molar-refractivity contribution in [2.45, 2.75) is 26.7 Å². The molecule has 0 aliphatic heterocycles. The van der Waals surface area contributed by atoms with Crippen molar-refractivity contribution >= 4 is 12.1 Å². The maximum atomic E-state index is 11.9. The molecule has 0 aromatic heterocycles. The smallest absolute Gasteiger partial charge is 0.271 e. The van der Waals surface area contributed by atoms with Crippen molar-refractivity contribution in [1.29, 1.82) is 0 Å². The molecule has 0 atom stereocenters. The van der Waals surface area contributed by atoms with Crippen LogP contribution < -0.4 is 14.9 Å². The first-order chi connectivity index (χ1) is 9.65. The molecular formula is C15H22N2O3. The molecule has 0 aliphatic rings. The highest BCUT2D eigenvalue weighted by Crippen LogP contribution is 2.27. The second-order valence-corrected chi connectivity index (χ2v) is 4.37. The van der Waals surface area contributed by atoms with Crippen LogP contribution in [-0.4, -0.2) is 26.3 Å². The van der Waals surface area contributed by atoms with E-state index in [0.717, 1.165) is 12.8 Å². The van der Waals surface area contributed by atoms with Gasteiger partial charge in [0.15, 0.2) is 11.5 Å². The van der Waals surface area contributed by atoms with Gasteiger partial charge < -0.3 is 9.47 Å². The molecule has 5 heteroatoms. The second kappa shape index (κ2) is 8.19. The Bertz CT molecular complexity index is 468. The van der Waals surface area contributed by atoms with Crippen molar-refractivity contribution in [3.05, 3.63) is 23.8 Å². The average Bonchev–Trinajstić information content (AvgIpc) is 2.50. The van der Waals surface area contributed by atoms with Crippen LogP contribution in [0.4, 0.5) is 0 Å². The summed E-state index contributed by atoms with van der Waals surface area (Å²) in [6.45, 7) is 4.19. The van der Waals surface area contributed by atoms with Crippen LogP contribution in [0.1, 0.15) is 37.0 Å². The lowest BCUT2D eigenvalue weighted by Gasteiger charge is -2.09. The monoisotopic (exact) mass is 278 g/mol. The Balaban J connectivity index is 2.73. The number of amides is 1. The molecule has 1 amide bonds. The van der Waals surface area contributed by atoms with Crippen molar-refractivity contribution in [1.82, 2.24) is 5.43 Å². The third-order valence-electron chi connectivity index (χ3n) is 3.15. The summed E-state index contributed by atoms with van der Waals surface area (Å²) in [6, 6.07) is 4.99. The Hall–Kier alpha value is -2.04. The predicted molar refractivity (Wildman–Crippen MR) is 79.6 cm³/mol. The highest BCUT2D eigenvalue weighted by Gasteiger charge is 2.10. The average molecular weight is 278 g/mol. The highest BCUT2D eigenvalue weighted by molar-refractivity contribution is 5.95. The van der Waals surface area contributed by atoms with E-state index in [4.69, 9.17) is 9.47 Å². The number of nitrogens with zero attached hydrogens (tertiary/aromatic N) is 1. The Labute approximate surface area is 120 Å². The lowest BCUT2D eigenvalue weighted by molar-refractivity contribution is 0.0954. The number of hydrogen-bond donors (Lipinski definition) is 1. The Morgan fingerprint density at radius 3 is 2.45 bits per heavy atom. The van der Waals surface area contributed by atoms with Gasteiger partial charge in [-0.2, -0.15) is 5.10 Å². The second-order valence-electron chi connectivity index (χ2n) is 4.37. The summed E-state index contributed by atoms with van der Waals surface area (Å²) in [5, 5.41) is 3.99. The molecule has 110 valence electrons. The molecule has 1 aromatic rings. The normalized spacial score (nSPS) is 10.8. The molecule has 0 saturated heterocycles. The molecule has 1 N–H and O–H groups in total. The quantitative estimate of drug-likeness (QED) is 0.616. The maximum absolute atomic E-state index is 11.9. The molecule has 0 aliphatic carbocycles. The van der Waals surface area contributed by atoms with Gasteiger partial charge in [-0.25, -0.2) is 5.43 Å². The van der Waals surface area contributed by atoms with Gasteiger partial charge in [-0.05, 0) is 37.0 Å². The first kappa shape index (κ1) is 16.0. The van der Waals surface area contributed by atoms with Gasteiger partial charge in [0.25, 0.3) is 5.91 Å². The number of benzene rings is 1.